The van der Waals surface area contributed by atoms with E-state index in [1.807, 2.05) is 18.3 Å². The molecule has 82 valence electrons. The van der Waals surface area contributed by atoms with Gasteiger partial charge in [-0.2, -0.15) is 0 Å². The second kappa shape index (κ2) is 4.59. The number of rotatable bonds is 2. The van der Waals surface area contributed by atoms with Gasteiger partial charge in [0.2, 0.25) is 0 Å². The lowest BCUT2D eigenvalue weighted by Gasteiger charge is -2.32. The smallest absolute Gasteiger partial charge is 0.123 e. The summed E-state index contributed by atoms with van der Waals surface area (Å²) in [5, 5.41) is 0. The van der Waals surface area contributed by atoms with E-state index in [0.29, 0.717) is 11.9 Å². The van der Waals surface area contributed by atoms with Gasteiger partial charge < -0.3 is 10.5 Å². The Bertz CT molecular complexity index is 306. The van der Waals surface area contributed by atoms with Crippen LogP contribution in [0.15, 0.2) is 18.3 Å². The maximum absolute atomic E-state index is 5.56. The number of anilines is 1. The summed E-state index contributed by atoms with van der Waals surface area (Å²) in [6.07, 6.45) is 1.86. The Balaban J connectivity index is 2.05. The molecule has 0 radical (unpaired) electrons. The maximum Gasteiger partial charge on any atom is 0.123 e. The third-order valence-corrected chi connectivity index (χ3v) is 2.89. The van der Waals surface area contributed by atoms with Crippen LogP contribution < -0.4 is 5.73 Å². The number of pyridine rings is 1. The van der Waals surface area contributed by atoms with E-state index < -0.39 is 0 Å². The predicted octanol–water partition coefficient (Wildman–Crippen LogP) is 1.06. The van der Waals surface area contributed by atoms with Gasteiger partial charge >= 0.3 is 0 Å². The molecule has 2 N–H and O–H groups in total. The van der Waals surface area contributed by atoms with Crippen molar-refractivity contribution < 1.29 is 4.74 Å². The first-order chi connectivity index (χ1) is 7.27. The van der Waals surface area contributed by atoms with Crippen molar-refractivity contribution in [1.82, 2.24) is 9.88 Å². The Morgan fingerprint density at radius 3 is 2.73 bits per heavy atom. The van der Waals surface area contributed by atoms with E-state index in [0.717, 1.165) is 26.3 Å². The fourth-order valence-electron chi connectivity index (χ4n) is 1.84. The lowest BCUT2D eigenvalue weighted by atomic mass is 10.1. The number of morpholine rings is 1. The summed E-state index contributed by atoms with van der Waals surface area (Å²) < 4.78 is 5.33. The molecule has 15 heavy (non-hydrogen) atoms. The highest BCUT2D eigenvalue weighted by atomic mass is 16.5. The van der Waals surface area contributed by atoms with Crippen molar-refractivity contribution in [3.63, 3.8) is 0 Å². The van der Waals surface area contributed by atoms with Gasteiger partial charge in [0, 0.05) is 25.3 Å². The molecule has 1 atom stereocenters. The molecule has 0 saturated carbocycles. The molecule has 0 aliphatic carbocycles. The number of nitrogen functional groups attached to an aromatic ring is 1. The molecular formula is C11H17N3O. The van der Waals surface area contributed by atoms with Gasteiger partial charge in [0.1, 0.15) is 5.82 Å². The van der Waals surface area contributed by atoms with Crippen LogP contribution in [0.1, 0.15) is 18.5 Å². The minimum absolute atomic E-state index is 0.391. The number of nitrogens with zero attached hydrogens (tertiary/aromatic N) is 2. The van der Waals surface area contributed by atoms with Crippen molar-refractivity contribution in [1.29, 1.82) is 0 Å². The molecule has 1 aromatic heterocycles. The van der Waals surface area contributed by atoms with Gasteiger partial charge in [-0.1, -0.05) is 6.07 Å². The summed E-state index contributed by atoms with van der Waals surface area (Å²) in [6, 6.07) is 4.29. The van der Waals surface area contributed by atoms with Crippen molar-refractivity contribution in [2.75, 3.05) is 32.0 Å². The van der Waals surface area contributed by atoms with Gasteiger partial charge in [0.25, 0.3) is 0 Å². The van der Waals surface area contributed by atoms with Crippen LogP contribution >= 0.6 is 0 Å². The highest BCUT2D eigenvalue weighted by molar-refractivity contribution is 5.30. The van der Waals surface area contributed by atoms with Crippen molar-refractivity contribution in [3.05, 3.63) is 23.9 Å². The Morgan fingerprint density at radius 1 is 1.40 bits per heavy atom. The van der Waals surface area contributed by atoms with Gasteiger partial charge in [0.05, 0.1) is 13.2 Å². The standard InChI is InChI=1S/C11H17N3O/c1-9(14-4-6-15-7-5-14)10-2-3-11(12)13-8-10/h2-3,8-9H,4-7H2,1H3,(H2,12,13). The molecule has 1 saturated heterocycles. The monoisotopic (exact) mass is 207 g/mol. The fourth-order valence-corrected chi connectivity index (χ4v) is 1.84. The molecule has 0 aromatic carbocycles. The predicted molar refractivity (Wildman–Crippen MR) is 59.5 cm³/mol. The summed E-state index contributed by atoms with van der Waals surface area (Å²) in [5.41, 5.74) is 6.77. The fraction of sp³-hybridized carbons (Fsp3) is 0.545. The van der Waals surface area contributed by atoms with Crippen LogP contribution in [0.3, 0.4) is 0 Å². The maximum atomic E-state index is 5.56. The van der Waals surface area contributed by atoms with Crippen molar-refractivity contribution >= 4 is 5.82 Å². The molecule has 4 heteroatoms. The average molecular weight is 207 g/mol. The van der Waals surface area contributed by atoms with E-state index in [-0.39, 0.29) is 0 Å². The minimum atomic E-state index is 0.391. The zero-order valence-corrected chi connectivity index (χ0v) is 9.02. The van der Waals surface area contributed by atoms with Crippen molar-refractivity contribution in [3.8, 4) is 0 Å². The van der Waals surface area contributed by atoms with E-state index in [4.69, 9.17) is 10.5 Å². The van der Waals surface area contributed by atoms with Crippen LogP contribution in [0.2, 0.25) is 0 Å². The first-order valence-electron chi connectivity index (χ1n) is 5.30. The van der Waals surface area contributed by atoms with Gasteiger partial charge in [-0.3, -0.25) is 4.90 Å². The van der Waals surface area contributed by atoms with Gasteiger partial charge in [-0.05, 0) is 18.6 Å². The summed E-state index contributed by atoms with van der Waals surface area (Å²) in [4.78, 5) is 6.51. The van der Waals surface area contributed by atoms with Gasteiger partial charge in [-0.15, -0.1) is 0 Å². The average Bonchev–Trinajstić information content (AvgIpc) is 2.30. The number of nitrogens with two attached hydrogens (primary N) is 1. The molecule has 1 aromatic rings. The van der Waals surface area contributed by atoms with Gasteiger partial charge in [-0.25, -0.2) is 4.98 Å². The van der Waals surface area contributed by atoms with Crippen LogP contribution in [0.25, 0.3) is 0 Å². The van der Waals surface area contributed by atoms with E-state index >= 15 is 0 Å². The molecule has 1 fully saturated rings. The lowest BCUT2D eigenvalue weighted by Crippen LogP contribution is -2.38. The normalized spacial score (nSPS) is 20.1. The SMILES string of the molecule is CC(c1ccc(N)nc1)N1CCOCC1. The summed E-state index contributed by atoms with van der Waals surface area (Å²) in [5.74, 6) is 0.577. The Labute approximate surface area is 90.0 Å². The molecule has 4 nitrogen and oxygen atoms in total. The lowest BCUT2D eigenvalue weighted by molar-refractivity contribution is 0.0198. The summed E-state index contributed by atoms with van der Waals surface area (Å²) in [7, 11) is 0. The molecule has 0 bridgehead atoms. The summed E-state index contributed by atoms with van der Waals surface area (Å²) >= 11 is 0. The van der Waals surface area contributed by atoms with Crippen LogP contribution in [0, 0.1) is 0 Å². The minimum Gasteiger partial charge on any atom is -0.384 e. The second-order valence-electron chi connectivity index (χ2n) is 3.84. The van der Waals surface area contributed by atoms with Crippen molar-refractivity contribution in [2.24, 2.45) is 0 Å². The molecule has 2 heterocycles. The Kier molecular flexibility index (Phi) is 3.18. The number of ether oxygens (including phenoxy) is 1. The first-order valence-corrected chi connectivity index (χ1v) is 5.30. The zero-order valence-electron chi connectivity index (χ0n) is 9.02. The quantitative estimate of drug-likeness (QED) is 0.787. The Morgan fingerprint density at radius 2 is 2.13 bits per heavy atom. The topological polar surface area (TPSA) is 51.4 Å². The highest BCUT2D eigenvalue weighted by Gasteiger charge is 2.18. The number of aromatic nitrogens is 1. The van der Waals surface area contributed by atoms with E-state index in [1.165, 1.54) is 5.56 Å². The molecule has 0 spiro atoms. The van der Waals surface area contributed by atoms with Crippen LogP contribution in [-0.2, 0) is 4.74 Å². The van der Waals surface area contributed by atoms with Gasteiger partial charge in [0.15, 0.2) is 0 Å². The van der Waals surface area contributed by atoms with Crippen LogP contribution in [0.5, 0.6) is 0 Å². The molecule has 0 amide bonds. The first kappa shape index (κ1) is 10.4. The number of hydrogen-bond acceptors (Lipinski definition) is 4. The second-order valence-corrected chi connectivity index (χ2v) is 3.84. The van der Waals surface area contributed by atoms with E-state index in [9.17, 15) is 0 Å². The number of hydrogen-bond donors (Lipinski definition) is 1. The molecule has 1 unspecified atom stereocenters. The molecule has 1 aliphatic heterocycles. The molecule has 1 aliphatic rings. The van der Waals surface area contributed by atoms with Crippen LogP contribution in [-0.4, -0.2) is 36.2 Å². The van der Waals surface area contributed by atoms with Crippen LogP contribution in [0.4, 0.5) is 5.82 Å². The Hall–Kier alpha value is -1.13. The largest absolute Gasteiger partial charge is 0.384 e. The molecular weight excluding hydrogens is 190 g/mol. The van der Waals surface area contributed by atoms with E-state index in [1.54, 1.807) is 0 Å². The highest BCUT2D eigenvalue weighted by Crippen LogP contribution is 2.20. The summed E-state index contributed by atoms with van der Waals surface area (Å²) in [6.45, 7) is 5.83. The van der Waals surface area contributed by atoms with Crippen molar-refractivity contribution in [2.45, 2.75) is 13.0 Å². The third-order valence-electron chi connectivity index (χ3n) is 2.89. The molecule has 2 rings (SSSR count). The third kappa shape index (κ3) is 2.46. The van der Waals surface area contributed by atoms with E-state index in [2.05, 4.69) is 16.8 Å². The zero-order chi connectivity index (χ0) is 10.7.